The second-order valence-corrected chi connectivity index (χ2v) is 9.42. The summed E-state index contributed by atoms with van der Waals surface area (Å²) in [5.41, 5.74) is -0.326. The van der Waals surface area contributed by atoms with Crippen molar-refractivity contribution >= 4 is 17.5 Å². The highest BCUT2D eigenvalue weighted by atomic mass is 16.8. The fraction of sp³-hybridized carbons (Fsp3) is 0.522. The van der Waals surface area contributed by atoms with Crippen LogP contribution in [0.25, 0.3) is 0 Å². The van der Waals surface area contributed by atoms with E-state index >= 15 is 0 Å². The molecule has 1 spiro atoms. The third-order valence-electron chi connectivity index (χ3n) is 7.08. The smallest absolute Gasteiger partial charge is 0.308 e. The van der Waals surface area contributed by atoms with Crippen LogP contribution in [0.15, 0.2) is 29.3 Å². The molecule has 1 saturated carbocycles. The molecule has 5 atom stereocenters. The fourth-order valence-electron chi connectivity index (χ4n) is 6.34. The van der Waals surface area contributed by atoms with E-state index in [-0.39, 0.29) is 33.8 Å². The van der Waals surface area contributed by atoms with Gasteiger partial charge in [0.25, 0.3) is 0 Å². The molecule has 162 valence electrons. The summed E-state index contributed by atoms with van der Waals surface area (Å²) in [4.78, 5) is 39.0. The zero-order chi connectivity index (χ0) is 21.9. The molecule has 1 N–H and O–H groups in total. The van der Waals surface area contributed by atoms with E-state index in [1.807, 2.05) is 0 Å². The van der Waals surface area contributed by atoms with Gasteiger partial charge in [0.2, 0.25) is 0 Å². The number of esters is 1. The maximum absolute atomic E-state index is 13.7. The quantitative estimate of drug-likeness (QED) is 0.537. The number of aliphatic hydroxyl groups is 1. The molecular formula is C23H22O8. The van der Waals surface area contributed by atoms with E-state index in [1.165, 1.54) is 13.0 Å². The summed E-state index contributed by atoms with van der Waals surface area (Å²) in [5, 5.41) is 11.4. The molecule has 0 radical (unpaired) electrons. The van der Waals surface area contributed by atoms with Crippen LogP contribution >= 0.6 is 0 Å². The second kappa shape index (κ2) is 5.69. The largest absolute Gasteiger partial charge is 0.426 e. The normalized spacial score (nSPS) is 39.2. The highest BCUT2D eigenvalue weighted by molar-refractivity contribution is 6.29. The van der Waals surface area contributed by atoms with E-state index in [2.05, 4.69) is 0 Å². The van der Waals surface area contributed by atoms with Crippen LogP contribution in [0.5, 0.6) is 5.75 Å². The lowest BCUT2D eigenvalue weighted by molar-refractivity contribution is -0.348. The van der Waals surface area contributed by atoms with Gasteiger partial charge in [0.1, 0.15) is 23.6 Å². The number of benzene rings is 1. The molecule has 3 aliphatic heterocycles. The van der Waals surface area contributed by atoms with E-state index in [9.17, 15) is 19.5 Å². The molecule has 8 heteroatoms. The Morgan fingerprint density at radius 3 is 2.65 bits per heavy atom. The highest BCUT2D eigenvalue weighted by Gasteiger charge is 2.76. The molecule has 1 aromatic carbocycles. The summed E-state index contributed by atoms with van der Waals surface area (Å²) in [7, 11) is 0. The van der Waals surface area contributed by atoms with Gasteiger partial charge in [-0.3, -0.25) is 14.4 Å². The number of hydrogen-bond donors (Lipinski definition) is 1. The average molecular weight is 426 g/mol. The first kappa shape index (κ1) is 19.3. The van der Waals surface area contributed by atoms with Crippen LogP contribution in [0.2, 0.25) is 0 Å². The Bertz CT molecular complexity index is 1120. The summed E-state index contributed by atoms with van der Waals surface area (Å²) in [6.45, 7) is 4.80. The Kier molecular flexibility index (Phi) is 3.54. The monoisotopic (exact) mass is 426 g/mol. The molecule has 4 bridgehead atoms. The molecule has 8 nitrogen and oxygen atoms in total. The molecule has 7 rings (SSSR count). The van der Waals surface area contributed by atoms with Gasteiger partial charge in [0.15, 0.2) is 23.1 Å². The van der Waals surface area contributed by atoms with Crippen molar-refractivity contribution in [3.05, 3.63) is 40.5 Å². The van der Waals surface area contributed by atoms with Crippen LogP contribution in [0.4, 0.5) is 0 Å². The lowest BCUT2D eigenvalue weighted by atomic mass is 9.54. The van der Waals surface area contributed by atoms with Crippen LogP contribution < -0.4 is 4.74 Å². The number of rotatable bonds is 1. The first-order valence-electron chi connectivity index (χ1n) is 10.5. The molecule has 3 heterocycles. The molecule has 3 fully saturated rings. The zero-order valence-corrected chi connectivity index (χ0v) is 17.4. The zero-order valence-electron chi connectivity index (χ0n) is 17.4. The van der Waals surface area contributed by atoms with E-state index in [0.717, 1.165) is 0 Å². The number of fused-ring (bicyclic) bond motifs is 1. The summed E-state index contributed by atoms with van der Waals surface area (Å²) in [5.74, 6) is -4.78. The molecule has 1 aromatic rings. The minimum Gasteiger partial charge on any atom is -0.426 e. The number of ketones is 2. The summed E-state index contributed by atoms with van der Waals surface area (Å²) < 4.78 is 23.9. The van der Waals surface area contributed by atoms with Gasteiger partial charge in [-0.2, -0.15) is 0 Å². The Hall–Kier alpha value is -2.39. The minimum absolute atomic E-state index is 0.0360. The number of hydrogen-bond acceptors (Lipinski definition) is 8. The molecule has 3 aliphatic carbocycles. The molecule has 31 heavy (non-hydrogen) atoms. The van der Waals surface area contributed by atoms with Gasteiger partial charge >= 0.3 is 5.97 Å². The van der Waals surface area contributed by atoms with Gasteiger partial charge < -0.3 is 24.1 Å². The van der Waals surface area contributed by atoms with Crippen molar-refractivity contribution in [2.75, 3.05) is 0 Å². The summed E-state index contributed by atoms with van der Waals surface area (Å²) in [6.07, 6.45) is -0.0152. The number of carbonyl (C=O) groups excluding carboxylic acids is 3. The first-order chi connectivity index (χ1) is 14.6. The van der Waals surface area contributed by atoms with Gasteiger partial charge in [-0.15, -0.1) is 0 Å². The molecule has 2 saturated heterocycles. The summed E-state index contributed by atoms with van der Waals surface area (Å²) in [6, 6.07) is 4.60. The van der Waals surface area contributed by atoms with Crippen LogP contribution in [-0.2, 0) is 19.0 Å². The van der Waals surface area contributed by atoms with Crippen LogP contribution in [0, 0.1) is 5.92 Å². The molecule has 0 aromatic heterocycles. The van der Waals surface area contributed by atoms with Crippen molar-refractivity contribution in [3.63, 3.8) is 0 Å². The van der Waals surface area contributed by atoms with E-state index < -0.39 is 47.1 Å². The molecular weight excluding hydrogens is 404 g/mol. The lowest BCUT2D eigenvalue weighted by Gasteiger charge is -2.62. The highest BCUT2D eigenvalue weighted by Crippen LogP contribution is 2.65. The average Bonchev–Trinajstić information content (AvgIpc) is 2.95. The predicted molar refractivity (Wildman–Crippen MR) is 103 cm³/mol. The van der Waals surface area contributed by atoms with Gasteiger partial charge in [0, 0.05) is 30.1 Å². The van der Waals surface area contributed by atoms with Gasteiger partial charge in [-0.05, 0) is 32.8 Å². The van der Waals surface area contributed by atoms with Crippen LogP contribution in [-0.4, -0.2) is 52.0 Å². The van der Waals surface area contributed by atoms with E-state index in [1.54, 1.807) is 26.0 Å². The second-order valence-electron chi connectivity index (χ2n) is 9.42. The fourth-order valence-corrected chi connectivity index (χ4v) is 6.34. The van der Waals surface area contributed by atoms with Crippen molar-refractivity contribution in [2.24, 2.45) is 5.92 Å². The van der Waals surface area contributed by atoms with E-state index in [0.29, 0.717) is 19.3 Å². The van der Waals surface area contributed by atoms with Crippen LogP contribution in [0.3, 0.4) is 0 Å². The molecule has 0 unspecified atom stereocenters. The van der Waals surface area contributed by atoms with Crippen molar-refractivity contribution < 1.29 is 38.4 Å². The minimum atomic E-state index is -1.61. The molecule has 6 aliphatic rings. The third kappa shape index (κ3) is 2.26. The first-order valence-corrected chi connectivity index (χ1v) is 10.5. The lowest BCUT2D eigenvalue weighted by Crippen LogP contribution is -2.74. The van der Waals surface area contributed by atoms with Crippen molar-refractivity contribution in [1.82, 2.24) is 0 Å². The van der Waals surface area contributed by atoms with Gasteiger partial charge in [0.05, 0.1) is 11.5 Å². The Morgan fingerprint density at radius 1 is 1.13 bits per heavy atom. The van der Waals surface area contributed by atoms with Crippen LogP contribution in [0.1, 0.15) is 60.7 Å². The van der Waals surface area contributed by atoms with Crippen molar-refractivity contribution in [2.45, 2.75) is 69.4 Å². The van der Waals surface area contributed by atoms with Crippen molar-refractivity contribution in [3.8, 4) is 5.75 Å². The third-order valence-corrected chi connectivity index (χ3v) is 7.08. The maximum Gasteiger partial charge on any atom is 0.308 e. The standard InChI is InChI=1S/C23H22O8/c1-10(24)28-12-7-4-6-11-13(12)17(26)14-15(16(11)25)19-22-8-5-9-23(19,27)29-18(14)20(22)30-21(2,3)31-22/h4,6-7,18-20,27H,5,8-9H2,1-3H3/t18-,19+,20+,22-,23+/m0/s1. The Morgan fingerprint density at radius 2 is 1.90 bits per heavy atom. The Balaban J connectivity index is 1.59. The summed E-state index contributed by atoms with van der Waals surface area (Å²) >= 11 is 0. The number of Topliss-reactive ketones (excluding diaryl/α,β-unsaturated/α-hetero) is 2. The van der Waals surface area contributed by atoms with Gasteiger partial charge in [-0.1, -0.05) is 12.1 Å². The predicted octanol–water partition coefficient (Wildman–Crippen LogP) is 2.08. The van der Waals surface area contributed by atoms with Gasteiger partial charge in [-0.25, -0.2) is 0 Å². The molecule has 0 amide bonds. The van der Waals surface area contributed by atoms with Crippen molar-refractivity contribution in [1.29, 1.82) is 0 Å². The van der Waals surface area contributed by atoms with E-state index in [4.69, 9.17) is 18.9 Å². The topological polar surface area (TPSA) is 108 Å². The maximum atomic E-state index is 13.7. The SMILES string of the molecule is CC(=O)Oc1cccc2c1C(=O)C1=C(C2=O)[C@@H]2[C@@]34CCC[C@@]2(O)O[C@@H]1[C@H]3OC(C)(C)O4. The number of ether oxygens (including phenoxy) is 4. The number of carbonyl (C=O) groups is 3. The Labute approximate surface area is 178 Å².